The largest absolute Gasteiger partial charge is 0.337 e. The molecule has 4 aromatic rings. The molecule has 2 aromatic heterocycles. The number of rotatable bonds is 3. The molecule has 0 saturated heterocycles. The molecule has 1 aliphatic rings. The van der Waals surface area contributed by atoms with Gasteiger partial charge in [0.25, 0.3) is 5.56 Å². The van der Waals surface area contributed by atoms with Crippen LogP contribution in [0.1, 0.15) is 22.4 Å². The summed E-state index contributed by atoms with van der Waals surface area (Å²) in [5.41, 5.74) is 1.81. The molecule has 7 heteroatoms. The summed E-state index contributed by atoms with van der Waals surface area (Å²) in [6.07, 6.45) is 2.87. The van der Waals surface area contributed by atoms with Gasteiger partial charge in [-0.3, -0.25) is 9.36 Å². The fraction of sp³-hybridized carbons (Fsp3) is 0.182. The highest BCUT2D eigenvalue weighted by Gasteiger charge is 2.25. The van der Waals surface area contributed by atoms with Gasteiger partial charge in [-0.1, -0.05) is 41.4 Å². The number of halogens is 2. The van der Waals surface area contributed by atoms with Gasteiger partial charge in [0.15, 0.2) is 0 Å². The van der Waals surface area contributed by atoms with Crippen molar-refractivity contribution in [1.82, 2.24) is 9.13 Å². The number of fused-ring (bicyclic) bond motifs is 3. The van der Waals surface area contributed by atoms with Crippen LogP contribution >= 0.6 is 34.5 Å². The first-order valence-corrected chi connectivity index (χ1v) is 10.9. The SMILES string of the molecule is O=c1c2c3c(sc2n(Cc2ccccc2Cl)c(=O)n1-c1ccc(Cl)cc1)CCC3. The van der Waals surface area contributed by atoms with Gasteiger partial charge < -0.3 is 0 Å². The van der Waals surface area contributed by atoms with E-state index < -0.39 is 0 Å². The Morgan fingerprint density at radius 1 is 0.966 bits per heavy atom. The molecule has 0 fully saturated rings. The van der Waals surface area contributed by atoms with E-state index in [9.17, 15) is 9.59 Å². The second kappa shape index (κ2) is 7.17. The van der Waals surface area contributed by atoms with Crippen LogP contribution in [0, 0.1) is 0 Å². The third-order valence-electron chi connectivity index (χ3n) is 5.36. The zero-order chi connectivity index (χ0) is 20.1. The number of hydrogen-bond acceptors (Lipinski definition) is 3. The number of nitrogens with zero attached hydrogens (tertiary/aromatic N) is 2. The van der Waals surface area contributed by atoms with E-state index >= 15 is 0 Å². The number of aromatic nitrogens is 2. The van der Waals surface area contributed by atoms with Crippen LogP contribution in [0.2, 0.25) is 10.0 Å². The van der Waals surface area contributed by atoms with Gasteiger partial charge in [0.05, 0.1) is 17.6 Å². The van der Waals surface area contributed by atoms with Crippen LogP contribution < -0.4 is 11.2 Å². The Morgan fingerprint density at radius 2 is 1.72 bits per heavy atom. The Labute approximate surface area is 180 Å². The summed E-state index contributed by atoms with van der Waals surface area (Å²) in [5, 5.41) is 1.81. The minimum absolute atomic E-state index is 0.262. The van der Waals surface area contributed by atoms with E-state index in [1.54, 1.807) is 40.2 Å². The van der Waals surface area contributed by atoms with Gasteiger partial charge in [-0.15, -0.1) is 11.3 Å². The van der Waals surface area contributed by atoms with E-state index in [1.165, 1.54) is 9.44 Å². The molecule has 1 aliphatic carbocycles. The fourth-order valence-electron chi connectivity index (χ4n) is 3.96. The summed E-state index contributed by atoms with van der Waals surface area (Å²) < 4.78 is 2.93. The highest BCUT2D eigenvalue weighted by Crippen LogP contribution is 2.35. The Kier molecular flexibility index (Phi) is 4.62. The first kappa shape index (κ1) is 18.7. The predicted molar refractivity (Wildman–Crippen MR) is 119 cm³/mol. The van der Waals surface area contributed by atoms with Gasteiger partial charge in [-0.2, -0.15) is 0 Å². The smallest absolute Gasteiger partial charge is 0.279 e. The van der Waals surface area contributed by atoms with Crippen molar-refractivity contribution >= 4 is 44.8 Å². The number of hydrogen-bond donors (Lipinski definition) is 0. The normalized spacial score (nSPS) is 13.2. The highest BCUT2D eigenvalue weighted by molar-refractivity contribution is 7.18. The Morgan fingerprint density at radius 3 is 2.48 bits per heavy atom. The van der Waals surface area contributed by atoms with Crippen molar-refractivity contribution in [3.05, 3.63) is 95.4 Å². The quantitative estimate of drug-likeness (QED) is 0.445. The molecule has 0 aliphatic heterocycles. The zero-order valence-electron chi connectivity index (χ0n) is 15.3. The Balaban J connectivity index is 1.84. The summed E-state index contributed by atoms with van der Waals surface area (Å²) in [6, 6.07) is 14.2. The molecular formula is C22H16Cl2N2O2S. The van der Waals surface area contributed by atoms with Crippen LogP contribution in [0.3, 0.4) is 0 Å². The van der Waals surface area contributed by atoms with Crippen LogP contribution in [0.15, 0.2) is 58.1 Å². The predicted octanol–water partition coefficient (Wildman–Crippen LogP) is 5.06. The molecule has 0 bridgehead atoms. The minimum atomic E-state index is -0.371. The molecule has 0 radical (unpaired) electrons. The summed E-state index contributed by atoms with van der Waals surface area (Å²) in [6.45, 7) is 0.308. The second-order valence-corrected chi connectivity index (χ2v) is 9.04. The number of thiophene rings is 1. The molecule has 0 N–H and O–H groups in total. The van der Waals surface area contributed by atoms with E-state index in [0.717, 1.165) is 35.2 Å². The Hall–Kier alpha value is -2.34. The van der Waals surface area contributed by atoms with Crippen LogP contribution in [0.25, 0.3) is 15.9 Å². The molecule has 5 rings (SSSR count). The average molecular weight is 443 g/mol. The Bertz CT molecular complexity index is 1370. The van der Waals surface area contributed by atoms with Crippen LogP contribution in [-0.2, 0) is 19.4 Å². The lowest BCUT2D eigenvalue weighted by molar-refractivity contribution is 0.718. The molecule has 146 valence electrons. The molecule has 2 heterocycles. The van der Waals surface area contributed by atoms with Crippen molar-refractivity contribution in [2.45, 2.75) is 25.8 Å². The van der Waals surface area contributed by atoms with Crippen LogP contribution in [0.5, 0.6) is 0 Å². The molecule has 2 aromatic carbocycles. The maximum atomic E-state index is 13.5. The lowest BCUT2D eigenvalue weighted by Gasteiger charge is -2.13. The molecular weight excluding hydrogens is 427 g/mol. The van der Waals surface area contributed by atoms with E-state index in [2.05, 4.69) is 0 Å². The monoisotopic (exact) mass is 442 g/mol. The number of benzene rings is 2. The maximum Gasteiger partial charge on any atom is 0.337 e. The molecule has 0 amide bonds. The maximum absolute atomic E-state index is 13.5. The lowest BCUT2D eigenvalue weighted by Crippen LogP contribution is -2.39. The van der Waals surface area contributed by atoms with Crippen molar-refractivity contribution in [2.75, 3.05) is 0 Å². The van der Waals surface area contributed by atoms with Crippen LogP contribution in [-0.4, -0.2) is 9.13 Å². The van der Waals surface area contributed by atoms with E-state index in [-0.39, 0.29) is 11.2 Å². The molecule has 29 heavy (non-hydrogen) atoms. The third-order valence-corrected chi connectivity index (χ3v) is 7.29. The van der Waals surface area contributed by atoms with Crippen molar-refractivity contribution in [3.8, 4) is 5.69 Å². The molecule has 0 unspecified atom stereocenters. The summed E-state index contributed by atoms with van der Waals surface area (Å²) in [4.78, 5) is 28.9. The van der Waals surface area contributed by atoms with E-state index in [0.29, 0.717) is 27.7 Å². The fourth-order valence-corrected chi connectivity index (χ4v) is 5.66. The number of aryl methyl sites for hydroxylation is 2. The first-order valence-electron chi connectivity index (χ1n) is 9.34. The van der Waals surface area contributed by atoms with Crippen molar-refractivity contribution in [3.63, 3.8) is 0 Å². The van der Waals surface area contributed by atoms with Gasteiger partial charge in [0.2, 0.25) is 0 Å². The van der Waals surface area contributed by atoms with E-state index in [4.69, 9.17) is 23.2 Å². The summed E-state index contributed by atoms with van der Waals surface area (Å²) >= 11 is 13.9. The molecule has 0 atom stereocenters. The molecule has 4 nitrogen and oxygen atoms in total. The summed E-state index contributed by atoms with van der Waals surface area (Å²) in [5.74, 6) is 0. The molecule has 0 spiro atoms. The van der Waals surface area contributed by atoms with Gasteiger partial charge in [-0.05, 0) is 60.7 Å². The lowest BCUT2D eigenvalue weighted by atomic mass is 10.2. The second-order valence-electron chi connectivity index (χ2n) is 7.11. The van der Waals surface area contributed by atoms with Crippen molar-refractivity contribution < 1.29 is 0 Å². The van der Waals surface area contributed by atoms with Gasteiger partial charge in [0.1, 0.15) is 4.83 Å². The topological polar surface area (TPSA) is 44.0 Å². The van der Waals surface area contributed by atoms with Crippen molar-refractivity contribution in [1.29, 1.82) is 0 Å². The van der Waals surface area contributed by atoms with Gasteiger partial charge in [0, 0.05) is 14.9 Å². The zero-order valence-corrected chi connectivity index (χ0v) is 17.7. The summed E-state index contributed by atoms with van der Waals surface area (Å²) in [7, 11) is 0. The van der Waals surface area contributed by atoms with E-state index in [1.807, 2.05) is 24.3 Å². The third kappa shape index (κ3) is 3.05. The average Bonchev–Trinajstić information content (AvgIpc) is 3.29. The van der Waals surface area contributed by atoms with Gasteiger partial charge >= 0.3 is 5.69 Å². The minimum Gasteiger partial charge on any atom is -0.279 e. The van der Waals surface area contributed by atoms with Gasteiger partial charge in [-0.25, -0.2) is 9.36 Å². The standard InChI is InChI=1S/C22H16Cl2N2O2S/c23-14-8-10-15(11-9-14)26-20(27)19-16-5-3-7-18(16)29-21(19)25(22(26)28)12-13-4-1-2-6-17(13)24/h1-2,4,6,8-11H,3,5,7,12H2. The highest BCUT2D eigenvalue weighted by atomic mass is 35.5. The first-order chi connectivity index (χ1) is 14.0. The van der Waals surface area contributed by atoms with Crippen molar-refractivity contribution in [2.24, 2.45) is 0 Å². The van der Waals surface area contributed by atoms with Crippen LogP contribution in [0.4, 0.5) is 0 Å². The molecule has 0 saturated carbocycles.